The fourth-order valence-corrected chi connectivity index (χ4v) is 4.75. The molecule has 160 valence electrons. The number of anilines is 2. The van der Waals surface area contributed by atoms with Gasteiger partial charge in [-0.3, -0.25) is 9.10 Å². The van der Waals surface area contributed by atoms with Gasteiger partial charge in [-0.2, -0.15) is 0 Å². The van der Waals surface area contributed by atoms with E-state index >= 15 is 0 Å². The molecule has 30 heavy (non-hydrogen) atoms. The predicted molar refractivity (Wildman–Crippen MR) is 119 cm³/mol. The van der Waals surface area contributed by atoms with Crippen LogP contribution in [0, 0.1) is 6.92 Å². The molecule has 0 saturated heterocycles. The van der Waals surface area contributed by atoms with E-state index in [4.69, 9.17) is 0 Å². The summed E-state index contributed by atoms with van der Waals surface area (Å²) in [5.74, 6) is 0.271. The van der Waals surface area contributed by atoms with Crippen LogP contribution in [-0.4, -0.2) is 45.6 Å². The lowest BCUT2D eigenvalue weighted by molar-refractivity contribution is -0.115. The van der Waals surface area contributed by atoms with Crippen LogP contribution in [0.4, 0.5) is 10.8 Å². The second-order valence-electron chi connectivity index (χ2n) is 6.65. The Bertz CT molecular complexity index is 1110. The number of nitrogens with zero attached hydrogens (tertiary/aromatic N) is 5. The van der Waals surface area contributed by atoms with Gasteiger partial charge in [0.2, 0.25) is 15.9 Å². The van der Waals surface area contributed by atoms with Crippen molar-refractivity contribution in [3.8, 4) is 0 Å². The maximum Gasteiger partial charge on any atom is 0.239 e. The van der Waals surface area contributed by atoms with E-state index < -0.39 is 15.3 Å². The van der Waals surface area contributed by atoms with Gasteiger partial charge in [0, 0.05) is 18.6 Å². The number of amides is 1. The van der Waals surface area contributed by atoms with Crippen molar-refractivity contribution in [1.29, 1.82) is 0 Å². The Morgan fingerprint density at radius 2 is 2.00 bits per heavy atom. The number of nitrogens with one attached hydrogen (secondary N) is 1. The Morgan fingerprint density at radius 3 is 2.60 bits per heavy atom. The number of carbonyl (C=O) groups excluding carboxylic acids is 1. The van der Waals surface area contributed by atoms with Crippen molar-refractivity contribution in [3.05, 3.63) is 47.2 Å². The summed E-state index contributed by atoms with van der Waals surface area (Å²) in [6.45, 7) is 3.73. The number of benzene rings is 1. The Balaban J connectivity index is 1.74. The molecule has 9 nitrogen and oxygen atoms in total. The molecule has 0 saturated carbocycles. The summed E-state index contributed by atoms with van der Waals surface area (Å²) < 4.78 is 27.7. The summed E-state index contributed by atoms with van der Waals surface area (Å²) in [6.07, 6.45) is 2.78. The zero-order chi connectivity index (χ0) is 21.9. The number of thioether (sulfide) groups is 1. The third kappa shape index (κ3) is 5.37. The number of rotatable bonds is 8. The number of aromatic nitrogens is 4. The third-order valence-electron chi connectivity index (χ3n) is 4.25. The van der Waals surface area contributed by atoms with Crippen molar-refractivity contribution >= 4 is 49.8 Å². The molecule has 0 aliphatic carbocycles. The minimum Gasteiger partial charge on any atom is -0.308 e. The zero-order valence-corrected chi connectivity index (χ0v) is 19.4. The lowest BCUT2D eigenvalue weighted by Gasteiger charge is -2.22. The Kier molecular flexibility index (Phi) is 6.78. The van der Waals surface area contributed by atoms with Gasteiger partial charge in [0.15, 0.2) is 16.1 Å². The number of sulfonamides is 1. The van der Waals surface area contributed by atoms with Gasteiger partial charge >= 0.3 is 0 Å². The molecule has 0 fully saturated rings. The molecule has 0 aliphatic heterocycles. The highest BCUT2D eigenvalue weighted by molar-refractivity contribution is 8.00. The summed E-state index contributed by atoms with van der Waals surface area (Å²) >= 11 is 2.58. The SMILES string of the molecule is Cc1ccc(N(Cc2nnc(SC(C)C(=O)Nc3nccs3)n2C)S(C)(=O)=O)cc1. The molecule has 0 spiro atoms. The normalized spacial score (nSPS) is 12.5. The maximum absolute atomic E-state index is 12.4. The van der Waals surface area contributed by atoms with Crippen LogP contribution in [-0.2, 0) is 28.4 Å². The van der Waals surface area contributed by atoms with Crippen LogP contribution in [0.5, 0.6) is 0 Å². The van der Waals surface area contributed by atoms with Crippen molar-refractivity contribution in [3.63, 3.8) is 0 Å². The first-order valence-corrected chi connectivity index (χ1v) is 12.6. The molecule has 1 atom stereocenters. The van der Waals surface area contributed by atoms with Crippen molar-refractivity contribution in [1.82, 2.24) is 19.7 Å². The molecule has 1 N–H and O–H groups in total. The van der Waals surface area contributed by atoms with E-state index in [9.17, 15) is 13.2 Å². The molecular formula is C18H22N6O3S3. The average molecular weight is 467 g/mol. The fraction of sp³-hybridized carbons (Fsp3) is 0.333. The van der Waals surface area contributed by atoms with E-state index in [0.29, 0.717) is 21.8 Å². The van der Waals surface area contributed by atoms with Gasteiger partial charge in [0.05, 0.1) is 23.7 Å². The number of thiazole rings is 1. The topological polar surface area (TPSA) is 110 Å². The van der Waals surface area contributed by atoms with Crippen LogP contribution in [0.25, 0.3) is 0 Å². The number of hydrogen-bond acceptors (Lipinski definition) is 8. The van der Waals surface area contributed by atoms with Crippen molar-refractivity contribution in [2.75, 3.05) is 15.9 Å². The highest BCUT2D eigenvalue weighted by Crippen LogP contribution is 2.25. The summed E-state index contributed by atoms with van der Waals surface area (Å²) in [5.41, 5.74) is 1.59. The molecule has 1 unspecified atom stereocenters. The molecule has 12 heteroatoms. The van der Waals surface area contributed by atoms with Gasteiger partial charge in [-0.1, -0.05) is 29.5 Å². The lowest BCUT2D eigenvalue weighted by Crippen LogP contribution is -2.30. The molecule has 0 radical (unpaired) electrons. The molecule has 0 aliphatic rings. The minimum absolute atomic E-state index is 0.0334. The molecular weight excluding hydrogens is 444 g/mol. The Hall–Kier alpha value is -2.44. The summed E-state index contributed by atoms with van der Waals surface area (Å²) in [7, 11) is -1.78. The van der Waals surface area contributed by atoms with Crippen molar-refractivity contribution in [2.24, 2.45) is 7.05 Å². The molecule has 0 bridgehead atoms. The van der Waals surface area contributed by atoms with Crippen LogP contribution in [0.2, 0.25) is 0 Å². The van der Waals surface area contributed by atoms with Crippen LogP contribution in [0.3, 0.4) is 0 Å². The highest BCUT2D eigenvalue weighted by Gasteiger charge is 2.23. The van der Waals surface area contributed by atoms with E-state index in [1.807, 2.05) is 19.1 Å². The summed E-state index contributed by atoms with van der Waals surface area (Å²) in [4.78, 5) is 16.4. The first-order valence-electron chi connectivity index (χ1n) is 8.95. The van der Waals surface area contributed by atoms with E-state index in [0.717, 1.165) is 11.8 Å². The standard InChI is InChI=1S/C18H22N6O3S3/c1-12-5-7-14(8-6-12)24(30(4,26)27)11-15-21-22-18(23(15)3)29-13(2)16(25)20-17-19-9-10-28-17/h5-10,13H,11H2,1-4H3,(H,19,20,25). The number of hydrogen-bond donors (Lipinski definition) is 1. The van der Waals surface area contributed by atoms with Gasteiger partial charge in [0.1, 0.15) is 0 Å². The smallest absolute Gasteiger partial charge is 0.239 e. The predicted octanol–water partition coefficient (Wildman–Crippen LogP) is 2.67. The van der Waals surface area contributed by atoms with Crippen LogP contribution in [0.15, 0.2) is 41.0 Å². The van der Waals surface area contributed by atoms with E-state index in [2.05, 4.69) is 20.5 Å². The number of aryl methyl sites for hydroxylation is 1. The quantitative estimate of drug-likeness (QED) is 0.508. The van der Waals surface area contributed by atoms with Gasteiger partial charge in [-0.25, -0.2) is 13.4 Å². The summed E-state index contributed by atoms with van der Waals surface area (Å²) in [6, 6.07) is 7.23. The first kappa shape index (κ1) is 22.2. The van der Waals surface area contributed by atoms with E-state index in [1.165, 1.54) is 27.4 Å². The monoisotopic (exact) mass is 466 g/mol. The molecule has 1 amide bonds. The molecule has 2 aromatic heterocycles. The second kappa shape index (κ2) is 9.14. The maximum atomic E-state index is 12.4. The number of carbonyl (C=O) groups is 1. The average Bonchev–Trinajstić information content (AvgIpc) is 3.30. The molecule has 1 aromatic carbocycles. The fourth-order valence-electron chi connectivity index (χ4n) is 2.53. The lowest BCUT2D eigenvalue weighted by atomic mass is 10.2. The van der Waals surface area contributed by atoms with E-state index in [1.54, 1.807) is 42.2 Å². The van der Waals surface area contributed by atoms with Gasteiger partial charge in [-0.05, 0) is 26.0 Å². The largest absolute Gasteiger partial charge is 0.308 e. The molecule has 3 rings (SSSR count). The Morgan fingerprint density at radius 1 is 1.30 bits per heavy atom. The summed E-state index contributed by atoms with van der Waals surface area (Å²) in [5, 5.41) is 13.4. The third-order valence-corrected chi connectivity index (χ3v) is 7.21. The Labute approximate surface area is 183 Å². The molecule has 2 heterocycles. The molecule has 3 aromatic rings. The van der Waals surface area contributed by atoms with Crippen molar-refractivity contribution in [2.45, 2.75) is 30.8 Å². The second-order valence-corrected chi connectivity index (χ2v) is 10.8. The van der Waals surface area contributed by atoms with Crippen LogP contribution in [0.1, 0.15) is 18.3 Å². The minimum atomic E-state index is -3.53. The van der Waals surface area contributed by atoms with Crippen LogP contribution >= 0.6 is 23.1 Å². The van der Waals surface area contributed by atoms with Gasteiger partial charge in [-0.15, -0.1) is 21.5 Å². The zero-order valence-electron chi connectivity index (χ0n) is 16.9. The highest BCUT2D eigenvalue weighted by atomic mass is 32.2. The van der Waals surface area contributed by atoms with Gasteiger partial charge < -0.3 is 9.88 Å². The van der Waals surface area contributed by atoms with Gasteiger partial charge in [0.25, 0.3) is 0 Å². The van der Waals surface area contributed by atoms with E-state index in [-0.39, 0.29) is 12.5 Å². The first-order chi connectivity index (χ1) is 14.1. The van der Waals surface area contributed by atoms with Crippen molar-refractivity contribution < 1.29 is 13.2 Å². The van der Waals surface area contributed by atoms with Crippen LogP contribution < -0.4 is 9.62 Å².